The van der Waals surface area contributed by atoms with Crippen molar-refractivity contribution < 1.29 is 21.1 Å². The van der Waals surface area contributed by atoms with Crippen LogP contribution in [0.4, 0.5) is 0 Å². The molecule has 0 heterocycles. The van der Waals surface area contributed by atoms with Crippen molar-refractivity contribution in [3.8, 4) is 0 Å². The van der Waals surface area contributed by atoms with Crippen LogP contribution in [0.3, 0.4) is 0 Å². The molecule has 2 atom stereocenters. The molecule has 27 heavy (non-hydrogen) atoms. The molecule has 4 rings (SSSR count). The Morgan fingerprint density at radius 3 is 1.56 bits per heavy atom. The number of benzene rings is 2. The fourth-order valence-corrected chi connectivity index (χ4v) is 3.34. The van der Waals surface area contributed by atoms with E-state index in [0.717, 1.165) is 11.8 Å². The first-order valence-corrected chi connectivity index (χ1v) is 10.6. The van der Waals surface area contributed by atoms with E-state index in [2.05, 4.69) is 74.0 Å². The molecule has 0 radical (unpaired) electrons. The molecular formula is C26H38W. The third-order valence-electron chi connectivity index (χ3n) is 4.86. The Labute approximate surface area is 183 Å². The third kappa shape index (κ3) is 9.75. The molecule has 2 aliphatic carbocycles. The van der Waals surface area contributed by atoms with Crippen molar-refractivity contribution in [3.63, 3.8) is 0 Å². The van der Waals surface area contributed by atoms with Gasteiger partial charge in [0, 0.05) is 0 Å². The van der Waals surface area contributed by atoms with E-state index in [0.29, 0.717) is 5.92 Å². The summed E-state index contributed by atoms with van der Waals surface area (Å²) >= 11 is 0. The van der Waals surface area contributed by atoms with E-state index in [1.807, 2.05) is 27.7 Å². The summed E-state index contributed by atoms with van der Waals surface area (Å²) in [5.74, 6) is 2.28. The molecule has 0 saturated heterocycles. The molecule has 1 heteroatoms. The van der Waals surface area contributed by atoms with E-state index >= 15 is 0 Å². The zero-order valence-electron chi connectivity index (χ0n) is 17.7. The van der Waals surface area contributed by atoms with Gasteiger partial charge in [-0.2, -0.15) is 18.8 Å². The van der Waals surface area contributed by atoms with Gasteiger partial charge in [-0.3, -0.25) is 0 Å². The first-order chi connectivity index (χ1) is 12.8. The van der Waals surface area contributed by atoms with E-state index in [-0.39, 0.29) is 21.1 Å². The number of rotatable bonds is 2. The van der Waals surface area contributed by atoms with Crippen LogP contribution >= 0.6 is 0 Å². The normalized spacial score (nSPS) is 20.2. The van der Waals surface area contributed by atoms with Crippen LogP contribution in [0.1, 0.15) is 82.8 Å². The molecular weight excluding hydrogens is 496 g/mol. The maximum Gasteiger partial charge on any atom is 2.00 e. The van der Waals surface area contributed by atoms with Gasteiger partial charge in [-0.25, -0.2) is 0 Å². The largest absolute Gasteiger partial charge is 2.00 e. The molecule has 148 valence electrons. The summed E-state index contributed by atoms with van der Waals surface area (Å²) in [6.07, 6.45) is 9.01. The Morgan fingerprint density at radius 1 is 0.741 bits per heavy atom. The second kappa shape index (κ2) is 16.1. The van der Waals surface area contributed by atoms with Crippen molar-refractivity contribution in [2.24, 2.45) is 5.92 Å². The van der Waals surface area contributed by atoms with Crippen LogP contribution in [0.15, 0.2) is 60.7 Å². The van der Waals surface area contributed by atoms with Crippen LogP contribution in [-0.4, -0.2) is 0 Å². The summed E-state index contributed by atoms with van der Waals surface area (Å²) in [7, 11) is 0. The van der Waals surface area contributed by atoms with Crippen LogP contribution < -0.4 is 0 Å². The van der Waals surface area contributed by atoms with Gasteiger partial charge in [0.2, 0.25) is 0 Å². The van der Waals surface area contributed by atoms with Crippen molar-refractivity contribution >= 4 is 0 Å². The Morgan fingerprint density at radius 2 is 1.15 bits per heavy atom. The van der Waals surface area contributed by atoms with Gasteiger partial charge in [0.05, 0.1) is 0 Å². The van der Waals surface area contributed by atoms with Gasteiger partial charge in [0.1, 0.15) is 0 Å². The standard InChI is InChI=1S/C12H15.C10H11.2C2H6.W/c1-3-7-11(8-4-1)12-9-5-2-6-10-12;1-8-7-10(8)9-5-3-2-4-6-9;2*1-2;/h1-4,7-8,12H,5-6,9-10H2;2-6,8,10H,1,7H2;2*1-2H3;/q2*-1;;;+2/t;8-,10-;;;/m.1.../s1. The maximum atomic E-state index is 4.01. The van der Waals surface area contributed by atoms with Crippen LogP contribution in [0.5, 0.6) is 0 Å². The summed E-state index contributed by atoms with van der Waals surface area (Å²) in [6, 6.07) is 21.5. The third-order valence-corrected chi connectivity index (χ3v) is 4.86. The van der Waals surface area contributed by atoms with E-state index in [9.17, 15) is 0 Å². The van der Waals surface area contributed by atoms with Crippen molar-refractivity contribution in [2.75, 3.05) is 0 Å². The van der Waals surface area contributed by atoms with Gasteiger partial charge in [-0.15, -0.1) is 0 Å². The van der Waals surface area contributed by atoms with E-state index in [1.54, 1.807) is 0 Å². The Kier molecular flexibility index (Phi) is 15.6. The van der Waals surface area contributed by atoms with Gasteiger partial charge >= 0.3 is 21.1 Å². The number of hydrogen-bond donors (Lipinski definition) is 0. The molecule has 0 bridgehead atoms. The van der Waals surface area contributed by atoms with Crippen molar-refractivity contribution in [3.05, 3.63) is 85.1 Å². The molecule has 2 fully saturated rings. The average molecular weight is 534 g/mol. The van der Waals surface area contributed by atoms with Crippen LogP contribution in [-0.2, 0) is 21.1 Å². The smallest absolute Gasteiger partial charge is 0.340 e. The minimum atomic E-state index is 0. The molecule has 2 saturated carbocycles. The van der Waals surface area contributed by atoms with E-state index in [1.165, 1.54) is 43.2 Å². The molecule has 0 nitrogen and oxygen atoms in total. The SMILES string of the molecule is CC.CC.[CH2-][C@@H]1C[C@H]1c1ccccc1.[W+2].c1ccc(C2CC[CH-]CC2)cc1. The van der Waals surface area contributed by atoms with Crippen LogP contribution in [0, 0.1) is 19.3 Å². The van der Waals surface area contributed by atoms with Gasteiger partial charge in [-0.05, 0) is 23.0 Å². The minimum Gasteiger partial charge on any atom is -0.340 e. The molecule has 2 aliphatic rings. The molecule has 0 aliphatic heterocycles. The van der Waals surface area contributed by atoms with Crippen molar-refractivity contribution in [2.45, 2.75) is 71.6 Å². The Balaban J connectivity index is 0.000000414. The molecule has 0 amide bonds. The van der Waals surface area contributed by atoms with Gasteiger partial charge in [-0.1, -0.05) is 108 Å². The minimum absolute atomic E-state index is 0. The van der Waals surface area contributed by atoms with Gasteiger partial charge < -0.3 is 13.3 Å². The molecule has 0 unspecified atom stereocenters. The summed E-state index contributed by atoms with van der Waals surface area (Å²) in [4.78, 5) is 0. The van der Waals surface area contributed by atoms with Gasteiger partial charge in [0.15, 0.2) is 0 Å². The summed E-state index contributed by atoms with van der Waals surface area (Å²) in [6.45, 7) is 12.0. The molecule has 0 aromatic heterocycles. The Hall–Kier alpha value is -0.872. The topological polar surface area (TPSA) is 0 Å². The summed E-state index contributed by atoms with van der Waals surface area (Å²) < 4.78 is 0. The molecule has 0 N–H and O–H groups in total. The zero-order valence-corrected chi connectivity index (χ0v) is 20.7. The zero-order chi connectivity index (χ0) is 19.2. The van der Waals surface area contributed by atoms with Crippen LogP contribution in [0.2, 0.25) is 0 Å². The second-order valence-electron chi connectivity index (χ2n) is 6.56. The van der Waals surface area contributed by atoms with Crippen LogP contribution in [0.25, 0.3) is 0 Å². The summed E-state index contributed by atoms with van der Waals surface area (Å²) in [5, 5.41) is 0. The fraction of sp³-hybridized carbons (Fsp3) is 0.462. The maximum absolute atomic E-state index is 4.01. The van der Waals surface area contributed by atoms with Crippen molar-refractivity contribution in [1.82, 2.24) is 0 Å². The Bertz CT molecular complexity index is 543. The predicted molar refractivity (Wildman–Crippen MR) is 117 cm³/mol. The molecule has 2 aromatic carbocycles. The first-order valence-electron chi connectivity index (χ1n) is 10.6. The van der Waals surface area contributed by atoms with E-state index < -0.39 is 0 Å². The average Bonchev–Trinajstić information content (AvgIpc) is 3.50. The van der Waals surface area contributed by atoms with E-state index in [4.69, 9.17) is 0 Å². The van der Waals surface area contributed by atoms with Crippen molar-refractivity contribution in [1.29, 1.82) is 0 Å². The monoisotopic (exact) mass is 534 g/mol. The second-order valence-corrected chi connectivity index (χ2v) is 6.56. The predicted octanol–water partition coefficient (Wildman–Crippen LogP) is 8.22. The summed E-state index contributed by atoms with van der Waals surface area (Å²) in [5.41, 5.74) is 2.99. The van der Waals surface area contributed by atoms with Gasteiger partial charge in [0.25, 0.3) is 0 Å². The molecule has 2 aromatic rings. The fourth-order valence-electron chi connectivity index (χ4n) is 3.34. The quantitative estimate of drug-likeness (QED) is 0.341. The first kappa shape index (κ1) is 26.1. The number of hydrogen-bond acceptors (Lipinski definition) is 0. The molecule has 0 spiro atoms.